The monoisotopic (exact) mass is 368 g/mol. The van der Waals surface area contributed by atoms with Gasteiger partial charge < -0.3 is 16.8 Å². The van der Waals surface area contributed by atoms with E-state index >= 15 is 0 Å². The lowest BCUT2D eigenvalue weighted by Gasteiger charge is -2.34. The first kappa shape index (κ1) is 16.4. The molecule has 1 spiro atoms. The van der Waals surface area contributed by atoms with E-state index < -0.39 is 0 Å². The third-order valence-electron chi connectivity index (χ3n) is 5.99. The fraction of sp³-hybridized carbons (Fsp3) is 0.625. The summed E-state index contributed by atoms with van der Waals surface area (Å²) < 4.78 is 1.86. The van der Waals surface area contributed by atoms with Crippen LogP contribution in [0.4, 0.5) is 5.82 Å². The second-order valence-corrected chi connectivity index (χ2v) is 7.79. The van der Waals surface area contributed by atoms with E-state index in [-0.39, 0.29) is 17.8 Å². The van der Waals surface area contributed by atoms with Crippen LogP contribution in [0.1, 0.15) is 36.9 Å². The van der Waals surface area contributed by atoms with Gasteiger partial charge in [-0.3, -0.25) is 0 Å². The van der Waals surface area contributed by atoms with Crippen LogP contribution in [0, 0.1) is 5.92 Å². The summed E-state index contributed by atoms with van der Waals surface area (Å²) in [5, 5.41) is 8.70. The molecule has 1 atom stereocenters. The minimum absolute atomic E-state index is 0. The van der Waals surface area contributed by atoms with Crippen LogP contribution in [0.15, 0.2) is 6.20 Å². The van der Waals surface area contributed by atoms with Gasteiger partial charge in [-0.25, -0.2) is 4.98 Å². The van der Waals surface area contributed by atoms with Gasteiger partial charge in [0.15, 0.2) is 5.65 Å². The minimum Gasteiger partial charge on any atom is -0.367 e. The van der Waals surface area contributed by atoms with Gasteiger partial charge in [0.05, 0.1) is 11.9 Å². The SMILES string of the molecule is Cl.NCC1Cc2c(nc3c(Cl)cnn3c2NC2CC(N)C2)C12CC2. The number of fused-ring (bicyclic) bond motifs is 3. The molecule has 3 aliphatic carbocycles. The highest BCUT2D eigenvalue weighted by molar-refractivity contribution is 6.33. The Morgan fingerprint density at radius 1 is 1.38 bits per heavy atom. The molecule has 0 aliphatic heterocycles. The van der Waals surface area contributed by atoms with Crippen molar-refractivity contribution in [1.29, 1.82) is 0 Å². The Hall–Kier alpha value is -1.08. The first-order valence-corrected chi connectivity index (χ1v) is 8.79. The van der Waals surface area contributed by atoms with E-state index in [1.807, 2.05) is 4.52 Å². The van der Waals surface area contributed by atoms with Crippen LogP contribution in [0.25, 0.3) is 5.65 Å². The Morgan fingerprint density at radius 3 is 2.75 bits per heavy atom. The summed E-state index contributed by atoms with van der Waals surface area (Å²) in [5.74, 6) is 1.54. The van der Waals surface area contributed by atoms with Gasteiger partial charge in [0.1, 0.15) is 10.8 Å². The molecule has 5 rings (SSSR count). The van der Waals surface area contributed by atoms with E-state index in [0.29, 0.717) is 29.6 Å². The summed E-state index contributed by atoms with van der Waals surface area (Å²) in [7, 11) is 0. The third kappa shape index (κ3) is 2.10. The number of nitrogens with two attached hydrogens (primary N) is 2. The highest BCUT2D eigenvalue weighted by Crippen LogP contribution is 2.60. The number of halogens is 2. The number of hydrogen-bond donors (Lipinski definition) is 3. The van der Waals surface area contributed by atoms with E-state index in [4.69, 9.17) is 28.1 Å². The first-order valence-electron chi connectivity index (χ1n) is 8.41. The Balaban J connectivity index is 0.00000146. The molecule has 0 aromatic carbocycles. The highest BCUT2D eigenvalue weighted by atomic mass is 35.5. The minimum atomic E-state index is 0. The molecule has 6 nitrogen and oxygen atoms in total. The van der Waals surface area contributed by atoms with E-state index in [2.05, 4.69) is 10.4 Å². The fourth-order valence-electron chi connectivity index (χ4n) is 4.45. The molecule has 8 heteroatoms. The molecule has 0 bridgehead atoms. The quantitative estimate of drug-likeness (QED) is 0.768. The number of nitrogens with one attached hydrogen (secondary N) is 1. The topological polar surface area (TPSA) is 94.3 Å². The van der Waals surface area contributed by atoms with Crippen LogP contribution in [-0.2, 0) is 11.8 Å². The van der Waals surface area contributed by atoms with E-state index in [1.54, 1.807) is 6.20 Å². The standard InChI is InChI=1S/C16H21ClN6.ClH/c17-12-7-20-23-14(21-10-4-9(19)5-10)11-3-8(6-18)16(1-2-16)13(11)22-15(12)23;/h7-10,21H,1-6,18-19H2;1H. The molecular formula is C16H22Cl2N6. The predicted octanol–water partition coefficient (Wildman–Crippen LogP) is 1.87. The van der Waals surface area contributed by atoms with Crippen LogP contribution >= 0.6 is 24.0 Å². The molecule has 0 saturated heterocycles. The summed E-state index contributed by atoms with van der Waals surface area (Å²) >= 11 is 6.32. The average Bonchev–Trinajstić information content (AvgIpc) is 3.13. The molecule has 130 valence electrons. The Morgan fingerprint density at radius 2 is 2.12 bits per heavy atom. The van der Waals surface area contributed by atoms with Crippen molar-refractivity contribution in [3.8, 4) is 0 Å². The van der Waals surface area contributed by atoms with E-state index in [1.165, 1.54) is 24.1 Å². The molecule has 2 heterocycles. The molecular weight excluding hydrogens is 347 g/mol. The van der Waals surface area contributed by atoms with Crippen molar-refractivity contribution < 1.29 is 0 Å². The van der Waals surface area contributed by atoms with Gasteiger partial charge in [-0.2, -0.15) is 9.61 Å². The van der Waals surface area contributed by atoms with Crippen LogP contribution < -0.4 is 16.8 Å². The highest BCUT2D eigenvalue weighted by Gasteiger charge is 2.57. The van der Waals surface area contributed by atoms with Crippen molar-refractivity contribution in [2.24, 2.45) is 17.4 Å². The summed E-state index contributed by atoms with van der Waals surface area (Å²) in [6, 6.07) is 0.723. The zero-order valence-corrected chi connectivity index (χ0v) is 14.9. The maximum absolute atomic E-state index is 6.32. The number of hydrogen-bond acceptors (Lipinski definition) is 5. The Labute approximate surface area is 151 Å². The molecule has 3 aliphatic rings. The maximum atomic E-state index is 6.32. The largest absolute Gasteiger partial charge is 0.367 e. The van der Waals surface area contributed by atoms with E-state index in [9.17, 15) is 0 Å². The van der Waals surface area contributed by atoms with Crippen molar-refractivity contribution in [1.82, 2.24) is 14.6 Å². The fourth-order valence-corrected chi connectivity index (χ4v) is 4.62. The van der Waals surface area contributed by atoms with Crippen molar-refractivity contribution in [3.05, 3.63) is 22.5 Å². The van der Waals surface area contributed by atoms with Gasteiger partial charge in [-0.1, -0.05) is 11.6 Å². The molecule has 2 saturated carbocycles. The van der Waals surface area contributed by atoms with Crippen LogP contribution in [0.5, 0.6) is 0 Å². The average molecular weight is 369 g/mol. The second kappa shape index (κ2) is 5.46. The Kier molecular flexibility index (Phi) is 3.73. The lowest BCUT2D eigenvalue weighted by molar-refractivity contribution is 0.372. The Bertz CT molecular complexity index is 793. The normalized spacial score (nSPS) is 29.2. The molecule has 24 heavy (non-hydrogen) atoms. The van der Waals surface area contributed by atoms with Crippen LogP contribution in [-0.4, -0.2) is 33.2 Å². The molecule has 0 radical (unpaired) electrons. The van der Waals surface area contributed by atoms with Crippen molar-refractivity contribution in [3.63, 3.8) is 0 Å². The molecule has 2 fully saturated rings. The van der Waals surface area contributed by atoms with Crippen molar-refractivity contribution >= 4 is 35.5 Å². The summed E-state index contributed by atoms with van der Waals surface area (Å²) in [5.41, 5.74) is 15.4. The summed E-state index contributed by atoms with van der Waals surface area (Å²) in [4.78, 5) is 4.90. The van der Waals surface area contributed by atoms with Gasteiger partial charge in [0, 0.05) is 23.1 Å². The lowest BCUT2D eigenvalue weighted by atomic mass is 9.87. The zero-order chi connectivity index (χ0) is 15.8. The third-order valence-corrected chi connectivity index (χ3v) is 6.26. The number of rotatable bonds is 3. The maximum Gasteiger partial charge on any atom is 0.176 e. The number of aromatic nitrogens is 3. The van der Waals surface area contributed by atoms with Crippen LogP contribution in [0.2, 0.25) is 5.02 Å². The van der Waals surface area contributed by atoms with Crippen LogP contribution in [0.3, 0.4) is 0 Å². The lowest BCUT2D eigenvalue weighted by Crippen LogP contribution is -2.45. The zero-order valence-electron chi connectivity index (χ0n) is 13.3. The van der Waals surface area contributed by atoms with Gasteiger partial charge in [0.25, 0.3) is 0 Å². The summed E-state index contributed by atoms with van der Waals surface area (Å²) in [6.07, 6.45) is 7.03. The number of anilines is 1. The molecule has 5 N–H and O–H groups in total. The first-order chi connectivity index (χ1) is 11.1. The predicted molar refractivity (Wildman–Crippen MR) is 97.0 cm³/mol. The molecule has 0 amide bonds. The summed E-state index contributed by atoms with van der Waals surface area (Å²) in [6.45, 7) is 0.708. The second-order valence-electron chi connectivity index (χ2n) is 7.38. The van der Waals surface area contributed by atoms with Gasteiger partial charge in [-0.15, -0.1) is 12.4 Å². The van der Waals surface area contributed by atoms with E-state index in [0.717, 1.165) is 30.7 Å². The van der Waals surface area contributed by atoms with Crippen molar-refractivity contribution in [2.75, 3.05) is 11.9 Å². The molecule has 2 aromatic rings. The van der Waals surface area contributed by atoms with Crippen molar-refractivity contribution in [2.45, 2.75) is 49.6 Å². The van der Waals surface area contributed by atoms with Gasteiger partial charge in [-0.05, 0) is 44.6 Å². The van der Waals surface area contributed by atoms with Gasteiger partial charge in [0.2, 0.25) is 0 Å². The molecule has 2 aromatic heterocycles. The number of nitrogens with zero attached hydrogens (tertiary/aromatic N) is 3. The smallest absolute Gasteiger partial charge is 0.176 e. The van der Waals surface area contributed by atoms with Gasteiger partial charge >= 0.3 is 0 Å². The molecule has 1 unspecified atom stereocenters.